The fraction of sp³-hybridized carbons (Fsp3) is 0.219. The van der Waals surface area contributed by atoms with Gasteiger partial charge in [0, 0.05) is 36.4 Å². The minimum absolute atomic E-state index is 0.0928. The van der Waals surface area contributed by atoms with Gasteiger partial charge in [-0.05, 0) is 59.4 Å². The summed E-state index contributed by atoms with van der Waals surface area (Å²) >= 11 is 1.25. The Hall–Kier alpha value is -4.50. The van der Waals surface area contributed by atoms with Crippen molar-refractivity contribution >= 4 is 39.1 Å². The van der Waals surface area contributed by atoms with Gasteiger partial charge in [0.15, 0.2) is 5.01 Å². The van der Waals surface area contributed by atoms with Gasteiger partial charge < -0.3 is 5.32 Å². The second kappa shape index (κ2) is 11.9. The van der Waals surface area contributed by atoms with Crippen molar-refractivity contribution in [1.82, 2.24) is 20.3 Å². The summed E-state index contributed by atoms with van der Waals surface area (Å²) < 4.78 is 14.5. The van der Waals surface area contributed by atoms with Crippen LogP contribution < -0.4 is 10.2 Å². The molecule has 3 aromatic heterocycles. The van der Waals surface area contributed by atoms with Crippen LogP contribution in [-0.2, 0) is 16.6 Å². The summed E-state index contributed by atoms with van der Waals surface area (Å²) in [6, 6.07) is 18.2. The van der Waals surface area contributed by atoms with Gasteiger partial charge in [0.2, 0.25) is 5.91 Å². The minimum Gasteiger partial charge on any atom is -0.354 e. The van der Waals surface area contributed by atoms with Crippen LogP contribution in [0, 0.1) is 5.82 Å². The third kappa shape index (κ3) is 6.47. The lowest BCUT2D eigenvalue weighted by atomic mass is 9.87. The van der Waals surface area contributed by atoms with E-state index < -0.39 is 11.9 Å². The number of thiazole rings is 1. The van der Waals surface area contributed by atoms with E-state index in [-0.39, 0.29) is 28.7 Å². The molecule has 0 radical (unpaired) electrons. The fourth-order valence-corrected chi connectivity index (χ4v) is 5.42. The van der Waals surface area contributed by atoms with Crippen LogP contribution in [0.4, 0.5) is 10.1 Å². The van der Waals surface area contributed by atoms with Gasteiger partial charge in [0.25, 0.3) is 5.91 Å². The van der Waals surface area contributed by atoms with Gasteiger partial charge in [-0.15, -0.1) is 11.3 Å². The van der Waals surface area contributed by atoms with E-state index in [0.29, 0.717) is 23.2 Å². The lowest BCUT2D eigenvalue weighted by Gasteiger charge is -2.31. The fourth-order valence-electron chi connectivity index (χ4n) is 4.55. The largest absolute Gasteiger partial charge is 0.354 e. The first-order chi connectivity index (χ1) is 19.7. The molecule has 1 N–H and O–H groups in total. The highest BCUT2D eigenvalue weighted by atomic mass is 32.1. The van der Waals surface area contributed by atoms with Gasteiger partial charge in [0.1, 0.15) is 17.4 Å². The number of anilines is 1. The van der Waals surface area contributed by atoms with Crippen LogP contribution in [0.2, 0.25) is 0 Å². The zero-order chi connectivity index (χ0) is 29.0. The standard InChI is InChI=1S/C32H30FN5O2S/c1-32(2,3)23-9-11-25(12-10-23)38(31(40)30-37-26-20-35-16-14-27(26)41-30)28(22-7-5-15-34-19-22)29(39)36-17-13-21-6-4-8-24(33)18-21/h4-12,14-16,18-20,28H,13,17H2,1-3H3,(H,36,39). The Morgan fingerprint density at radius 2 is 1.76 bits per heavy atom. The smallest absolute Gasteiger partial charge is 0.288 e. The third-order valence-electron chi connectivity index (χ3n) is 6.71. The van der Waals surface area contributed by atoms with E-state index >= 15 is 0 Å². The second-order valence-corrected chi connectivity index (χ2v) is 11.7. The number of carbonyl (C=O) groups excluding carboxylic acids is 2. The van der Waals surface area contributed by atoms with Crippen molar-refractivity contribution in [3.05, 3.63) is 119 Å². The Kier molecular flexibility index (Phi) is 8.16. The number of carbonyl (C=O) groups is 2. The molecular weight excluding hydrogens is 537 g/mol. The molecule has 9 heteroatoms. The molecular formula is C32H30FN5O2S. The quantitative estimate of drug-likeness (QED) is 0.239. The number of nitrogens with zero attached hydrogens (tertiary/aromatic N) is 4. The first-order valence-electron chi connectivity index (χ1n) is 13.3. The maximum atomic E-state index is 14.3. The zero-order valence-electron chi connectivity index (χ0n) is 23.0. The Morgan fingerprint density at radius 1 is 0.976 bits per heavy atom. The monoisotopic (exact) mass is 567 g/mol. The topological polar surface area (TPSA) is 88.1 Å². The van der Waals surface area contributed by atoms with Crippen molar-refractivity contribution in [3.8, 4) is 0 Å². The summed E-state index contributed by atoms with van der Waals surface area (Å²) in [4.78, 5) is 42.6. The molecule has 0 saturated heterocycles. The number of hydrogen-bond donors (Lipinski definition) is 1. The van der Waals surface area contributed by atoms with Crippen LogP contribution in [0.15, 0.2) is 91.5 Å². The molecule has 0 aliphatic carbocycles. The molecule has 1 atom stereocenters. The highest BCUT2D eigenvalue weighted by Gasteiger charge is 2.35. The molecule has 0 fully saturated rings. The Morgan fingerprint density at radius 3 is 2.44 bits per heavy atom. The molecule has 5 rings (SSSR count). The molecule has 41 heavy (non-hydrogen) atoms. The van der Waals surface area contributed by atoms with Crippen molar-refractivity contribution in [3.63, 3.8) is 0 Å². The van der Waals surface area contributed by atoms with Crippen LogP contribution in [0.3, 0.4) is 0 Å². The molecule has 2 aromatic carbocycles. The maximum Gasteiger partial charge on any atom is 0.288 e. The summed E-state index contributed by atoms with van der Waals surface area (Å²) in [5, 5.41) is 3.20. The van der Waals surface area contributed by atoms with Crippen molar-refractivity contribution < 1.29 is 14.0 Å². The molecule has 5 aromatic rings. The Bertz CT molecular complexity index is 1630. The number of rotatable bonds is 8. The predicted octanol–water partition coefficient (Wildman–Crippen LogP) is 6.27. The highest BCUT2D eigenvalue weighted by Crippen LogP contribution is 2.33. The average molecular weight is 568 g/mol. The van der Waals surface area contributed by atoms with Gasteiger partial charge in [-0.1, -0.05) is 51.1 Å². The van der Waals surface area contributed by atoms with Crippen molar-refractivity contribution in [2.24, 2.45) is 0 Å². The molecule has 0 aliphatic rings. The second-order valence-electron chi connectivity index (χ2n) is 10.7. The van der Waals surface area contributed by atoms with E-state index in [1.165, 1.54) is 28.4 Å². The van der Waals surface area contributed by atoms with E-state index in [4.69, 9.17) is 0 Å². The van der Waals surface area contributed by atoms with E-state index in [2.05, 4.69) is 41.0 Å². The number of amides is 2. The van der Waals surface area contributed by atoms with Crippen LogP contribution in [0.25, 0.3) is 10.2 Å². The Balaban J connectivity index is 1.54. The number of pyridine rings is 2. The molecule has 0 bridgehead atoms. The van der Waals surface area contributed by atoms with Gasteiger partial charge in [-0.25, -0.2) is 9.37 Å². The molecule has 1 unspecified atom stereocenters. The molecule has 0 spiro atoms. The number of halogens is 1. The van der Waals surface area contributed by atoms with E-state index in [1.807, 2.05) is 36.4 Å². The van der Waals surface area contributed by atoms with E-state index in [0.717, 1.165) is 15.8 Å². The number of hydrogen-bond acceptors (Lipinski definition) is 6. The lowest BCUT2D eigenvalue weighted by molar-refractivity contribution is -0.122. The molecule has 208 valence electrons. The average Bonchev–Trinajstić information content (AvgIpc) is 3.40. The van der Waals surface area contributed by atoms with Crippen LogP contribution >= 0.6 is 11.3 Å². The van der Waals surface area contributed by atoms with E-state index in [1.54, 1.807) is 43.0 Å². The number of nitrogens with one attached hydrogen (secondary N) is 1. The van der Waals surface area contributed by atoms with Gasteiger partial charge in [-0.3, -0.25) is 24.5 Å². The molecule has 7 nitrogen and oxygen atoms in total. The molecule has 0 saturated carbocycles. The maximum absolute atomic E-state index is 14.3. The molecule has 3 heterocycles. The summed E-state index contributed by atoms with van der Waals surface area (Å²) in [5.74, 6) is -1.13. The predicted molar refractivity (Wildman–Crippen MR) is 159 cm³/mol. The van der Waals surface area contributed by atoms with E-state index in [9.17, 15) is 14.0 Å². The van der Waals surface area contributed by atoms with Gasteiger partial charge >= 0.3 is 0 Å². The number of fused-ring (bicyclic) bond motifs is 1. The lowest BCUT2D eigenvalue weighted by Crippen LogP contribution is -2.44. The Labute approximate surface area is 242 Å². The third-order valence-corrected chi connectivity index (χ3v) is 7.74. The molecule has 0 aliphatic heterocycles. The number of aromatic nitrogens is 3. The van der Waals surface area contributed by atoms with Crippen molar-refractivity contribution in [1.29, 1.82) is 0 Å². The summed E-state index contributed by atoms with van der Waals surface area (Å²) in [6.45, 7) is 6.61. The van der Waals surface area contributed by atoms with Crippen LogP contribution in [0.5, 0.6) is 0 Å². The normalized spacial score (nSPS) is 12.2. The first-order valence-corrected chi connectivity index (χ1v) is 14.1. The summed E-state index contributed by atoms with van der Waals surface area (Å²) in [7, 11) is 0. The van der Waals surface area contributed by atoms with Crippen LogP contribution in [-0.4, -0.2) is 33.3 Å². The minimum atomic E-state index is -1.03. The number of benzene rings is 2. The summed E-state index contributed by atoms with van der Waals surface area (Å²) in [6.07, 6.45) is 6.91. The molecule has 2 amide bonds. The van der Waals surface area contributed by atoms with Crippen molar-refractivity contribution in [2.75, 3.05) is 11.4 Å². The van der Waals surface area contributed by atoms with Crippen LogP contribution in [0.1, 0.15) is 53.3 Å². The van der Waals surface area contributed by atoms with Gasteiger partial charge in [-0.2, -0.15) is 0 Å². The zero-order valence-corrected chi connectivity index (χ0v) is 23.9. The SMILES string of the molecule is CC(C)(C)c1ccc(N(C(=O)c2nc3cnccc3s2)C(C(=O)NCCc2cccc(F)c2)c2cccnc2)cc1. The first kappa shape index (κ1) is 28.0. The van der Waals surface area contributed by atoms with Crippen molar-refractivity contribution in [2.45, 2.75) is 38.6 Å². The highest BCUT2D eigenvalue weighted by molar-refractivity contribution is 7.20. The van der Waals surface area contributed by atoms with Gasteiger partial charge in [0.05, 0.1) is 10.9 Å². The summed E-state index contributed by atoms with van der Waals surface area (Å²) in [5.41, 5.74) is 3.47.